The number of carbonyl (C=O) groups excluding carboxylic acids is 1. The Morgan fingerprint density at radius 2 is 0.806 bits per heavy atom. The van der Waals surface area contributed by atoms with Crippen LogP contribution in [0.3, 0.4) is 0 Å². The number of para-hydroxylation sites is 1. The number of carbonyl (C=O) groups is 2. The van der Waals surface area contributed by atoms with E-state index in [9.17, 15) is 132 Å². The van der Waals surface area contributed by atoms with Gasteiger partial charge in [-0.25, -0.2) is 15.1 Å². The Hall–Kier alpha value is -5.05. The first-order valence-corrected chi connectivity index (χ1v) is 33.1. The molecule has 7 fully saturated rings. The average Bonchev–Trinajstić information content (AvgIpc) is 0.979. The first-order valence-electron chi connectivity index (χ1n) is 32.4. The van der Waals surface area contributed by atoms with E-state index in [1.54, 1.807) is 28.9 Å². The summed E-state index contributed by atoms with van der Waals surface area (Å²) in [4.78, 5) is 28.9. The third kappa shape index (κ3) is 21.4. The van der Waals surface area contributed by atoms with E-state index in [1.165, 1.54) is 5.48 Å². The molecule has 0 bridgehead atoms. The van der Waals surface area contributed by atoms with Gasteiger partial charge < -0.3 is 195 Å². The average molecular weight is 1610 g/mol. The zero-order valence-corrected chi connectivity index (χ0v) is 57.2. The highest BCUT2D eigenvalue weighted by molar-refractivity contribution is 6.35. The number of rotatable bonds is 22. The van der Waals surface area contributed by atoms with Crippen molar-refractivity contribution in [2.45, 2.75) is 221 Å². The molecule has 616 valence electrons. The topological polar surface area (TPSA) is 779 Å². The fourth-order valence-electron chi connectivity index (χ4n) is 12.0. The van der Waals surface area contributed by atoms with Crippen LogP contribution >= 0.6 is 23.2 Å². The molecule has 0 aliphatic carbocycles. The van der Waals surface area contributed by atoms with Gasteiger partial charge in [-0.15, -0.1) is 10.1 Å². The van der Waals surface area contributed by atoms with Gasteiger partial charge in [0.15, 0.2) is 49.7 Å². The Morgan fingerprint density at radius 1 is 0.481 bits per heavy atom. The second-order valence-corrected chi connectivity index (χ2v) is 25.8. The summed E-state index contributed by atoms with van der Waals surface area (Å²) in [6, 6.07) is 11.5. The van der Waals surface area contributed by atoms with Crippen LogP contribution in [0.1, 0.15) is 16.1 Å². The molecule has 8 heterocycles. The number of hydrogen-bond acceptors (Lipinski definition) is 42. The van der Waals surface area contributed by atoms with Gasteiger partial charge in [0.05, 0.1) is 58.3 Å². The number of aromatic carboxylic acids is 1. The smallest absolute Gasteiger partial charge is 0.357 e. The molecule has 10 rings (SSSR count). The number of nitrogens with two attached hydrogens (primary N) is 1. The SMILES string of the molecule is NC(=O)NO.O=C(O)c1nn(Cc2ccc(Cl)cc2Cl)c2ccccc12.O=[N+]([O-])O.OC[C@H]1O[C@@H](OC[C@H]2O[C@@H](O)[C@H](O)[C@@H](O[C@@H]3O[C@H](CO)[C@@H](O)[C@H](O[C@@H]4O[C@H](CO)[C@@H](O)[C@H](O[C@@H]5O[C@H](CO[C@@H]6O[C@H](CO)[C@@H](O)[C@H](O)[C@H]6O)[C@@H](O)[C@H](O[C@@H]6O[C@H](CO)[C@@H](O)[C@H](O)[C@H]6O)[C@H]5O)[C@H]4O)[C@H]3O)[C@@H]2O)[C@H](O)[C@@H](O)[C@@H]1O. The Balaban J connectivity index is 0.000000446. The van der Waals surface area contributed by atoms with Gasteiger partial charge in [0.1, 0.15) is 171 Å². The number of fused-ring (bicyclic) bond motifs is 1. The van der Waals surface area contributed by atoms with Gasteiger partial charge in [-0.3, -0.25) is 9.89 Å². The fraction of sp³-hybridized carbons (Fsp3) is 0.741. The number of benzene rings is 2. The summed E-state index contributed by atoms with van der Waals surface area (Å²) in [5, 5.41) is 281. The molecule has 2 amide bonds. The van der Waals surface area contributed by atoms with Gasteiger partial charge in [0, 0.05) is 15.4 Å². The van der Waals surface area contributed by atoms with E-state index in [2.05, 4.69) is 10.8 Å². The van der Waals surface area contributed by atoms with Gasteiger partial charge in [0.25, 0.3) is 5.09 Å². The van der Waals surface area contributed by atoms with E-state index in [0.29, 0.717) is 22.0 Å². The summed E-state index contributed by atoms with van der Waals surface area (Å²) in [5.74, 6) is -1.05. The number of nitrogens with one attached hydrogen (secondary N) is 1. The lowest BCUT2D eigenvalue weighted by Gasteiger charge is -2.50. The van der Waals surface area contributed by atoms with Crippen LogP contribution in [0.4, 0.5) is 4.79 Å². The number of ether oxygens (including phenoxy) is 13. The first kappa shape index (κ1) is 90.1. The zero-order chi connectivity index (χ0) is 80.2. The number of aromatic nitrogens is 2. The summed E-state index contributed by atoms with van der Waals surface area (Å²) >= 11 is 12.0. The van der Waals surface area contributed by atoms with Crippen LogP contribution in [-0.4, -0.2) is 421 Å². The molecule has 7 aliphatic rings. The Morgan fingerprint density at radius 3 is 1.18 bits per heavy atom. The number of halogens is 2. The molecular weight excluding hydrogens is 1530 g/mol. The standard InChI is InChI=1S/C42H72O36.C15H10Cl2N2O2.CH4N2O2.HNO3/c43-1-8-15(48)22(55)25(58)37(69-8)66-6-13-20(53)32(28(61)36(65)68-13)75-40-29(62)33(18(51)11(4-46)72-40)77-41-30(63)34(19(52)12(5-47)73-41)78-42-31(64)35(76-39-27(60)24(57)17(50)10(3-45)71-39)21(54)14(74-42)7-67-38-26(59)23(56)16(49)9(2-44)70-38;16-10-6-5-9(12(17)7-10)8-19-13-4-2-1-3-11(13)14(18-19)15(20)21;2-1(4)3-5;2-1(3)4/h8-65H,1-7H2;1-7H,8H2,(H,20,21);5H,(H3,2,3,4);(H,2,3,4)/t8-,9-,10-,11-,12-,13-,14-,15-,16-,17-,18-,19-,20-,21-,22+,23+,24+,25-,26-,27-,28-,29-,30-,31-,32+,33+,34+,35+,36-,37-,38-,39+,40+,41+,42+;;;/m1.../s1. The predicted molar refractivity (Wildman–Crippen MR) is 337 cm³/mol. The van der Waals surface area contributed by atoms with E-state index in [4.69, 9.17) is 105 Å². The van der Waals surface area contributed by atoms with Crippen LogP contribution in [0.2, 0.25) is 10.0 Å². The first-order chi connectivity index (χ1) is 51.0. The predicted octanol–water partition coefficient (Wildman–Crippen LogP) is -13.5. The lowest BCUT2D eigenvalue weighted by atomic mass is 9.95. The van der Waals surface area contributed by atoms with Crippen LogP contribution in [0.25, 0.3) is 10.9 Å². The molecular formula is C58H87Cl2N5O43. The van der Waals surface area contributed by atoms with Crippen molar-refractivity contribution in [1.29, 1.82) is 0 Å². The quantitative estimate of drug-likeness (QED) is 0.0252. The van der Waals surface area contributed by atoms with E-state index in [-0.39, 0.29) is 5.69 Å². The largest absolute Gasteiger partial charge is 0.476 e. The minimum Gasteiger partial charge on any atom is -0.476 e. The number of amides is 2. The number of hydroxylamine groups is 1. The minimum absolute atomic E-state index is 0.0377. The number of primary amides is 1. The number of urea groups is 1. The van der Waals surface area contributed by atoms with Crippen LogP contribution in [0.15, 0.2) is 42.5 Å². The number of hydrogen-bond donors (Lipinski definition) is 28. The van der Waals surface area contributed by atoms with E-state index in [0.717, 1.165) is 11.1 Å². The normalized spacial score (nSPS) is 41.3. The zero-order valence-electron chi connectivity index (χ0n) is 55.6. The van der Waals surface area contributed by atoms with Crippen molar-refractivity contribution in [2.24, 2.45) is 5.73 Å². The summed E-state index contributed by atoms with van der Waals surface area (Å²) in [6.45, 7) is -6.19. The molecule has 0 unspecified atom stereocenters. The van der Waals surface area contributed by atoms with E-state index in [1.807, 2.05) is 18.2 Å². The van der Waals surface area contributed by atoms with Crippen LogP contribution in [0.5, 0.6) is 0 Å². The molecule has 50 heteroatoms. The van der Waals surface area contributed by atoms with Crippen molar-refractivity contribution >= 4 is 46.1 Å². The van der Waals surface area contributed by atoms with E-state index < -0.39 is 278 Å². The van der Waals surface area contributed by atoms with Crippen molar-refractivity contribution in [3.8, 4) is 0 Å². The number of carboxylic acid groups (broad SMARTS) is 1. The van der Waals surface area contributed by atoms with Gasteiger partial charge in [-0.2, -0.15) is 5.10 Å². The minimum atomic E-state index is -2.35. The van der Waals surface area contributed by atoms with Gasteiger partial charge >= 0.3 is 12.0 Å². The molecule has 48 nitrogen and oxygen atoms in total. The molecule has 7 saturated heterocycles. The molecule has 0 radical (unpaired) electrons. The van der Waals surface area contributed by atoms with Crippen LogP contribution in [0, 0.1) is 10.1 Å². The molecule has 7 aliphatic heterocycles. The maximum Gasteiger partial charge on any atom is 0.357 e. The van der Waals surface area contributed by atoms with Crippen LogP contribution in [-0.2, 0) is 68.1 Å². The van der Waals surface area contributed by atoms with Crippen LogP contribution < -0.4 is 11.2 Å². The Labute approximate surface area is 616 Å². The Bertz CT molecular complexity index is 3290. The molecule has 29 N–H and O–H groups in total. The fourth-order valence-corrected chi connectivity index (χ4v) is 12.5. The molecule has 108 heavy (non-hydrogen) atoms. The summed E-state index contributed by atoms with van der Waals surface area (Å²) in [7, 11) is 0. The maximum atomic E-state index is 11.8. The van der Waals surface area contributed by atoms with Crippen molar-refractivity contribution in [3.05, 3.63) is 73.9 Å². The van der Waals surface area contributed by atoms with Crippen molar-refractivity contribution in [3.63, 3.8) is 0 Å². The highest BCUT2D eigenvalue weighted by Crippen LogP contribution is 2.38. The third-order valence-electron chi connectivity index (χ3n) is 17.8. The van der Waals surface area contributed by atoms with Gasteiger partial charge in [-0.05, 0) is 23.8 Å². The third-order valence-corrected chi connectivity index (χ3v) is 18.4. The number of nitrogens with zero attached hydrogens (tertiary/aromatic N) is 3. The summed E-state index contributed by atoms with van der Waals surface area (Å²) < 4.78 is 73.7. The molecule has 35 atom stereocenters. The van der Waals surface area contributed by atoms with Gasteiger partial charge in [-0.1, -0.05) is 47.5 Å². The van der Waals surface area contributed by atoms with E-state index >= 15 is 0 Å². The number of aliphatic hydroxyl groups is 23. The second kappa shape index (κ2) is 40.6. The van der Waals surface area contributed by atoms with Crippen molar-refractivity contribution in [1.82, 2.24) is 15.3 Å². The summed E-state index contributed by atoms with van der Waals surface area (Å²) in [5.41, 5.74) is 7.07. The molecule has 0 spiro atoms. The maximum absolute atomic E-state index is 11.8. The van der Waals surface area contributed by atoms with Crippen molar-refractivity contribution < 1.29 is 209 Å². The monoisotopic (exact) mass is 1610 g/mol. The lowest BCUT2D eigenvalue weighted by Crippen LogP contribution is -2.68. The molecule has 2 aromatic carbocycles. The van der Waals surface area contributed by atoms with Crippen molar-refractivity contribution in [2.75, 3.05) is 46.2 Å². The summed E-state index contributed by atoms with van der Waals surface area (Å²) in [6.07, 6.45) is -69.4. The molecule has 0 saturated carbocycles. The highest BCUT2D eigenvalue weighted by atomic mass is 35.5. The number of carboxylic acids is 1. The highest BCUT2D eigenvalue weighted by Gasteiger charge is 2.58. The number of aliphatic hydroxyl groups excluding tert-OH is 23. The molecule has 1 aromatic heterocycles. The lowest BCUT2D eigenvalue weighted by molar-refractivity contribution is -0.742. The Kier molecular flexibility index (Phi) is 33.9. The molecule has 3 aromatic rings. The van der Waals surface area contributed by atoms with Gasteiger partial charge in [0.2, 0.25) is 0 Å². The second-order valence-electron chi connectivity index (χ2n) is 24.9.